The number of carbonyl (C=O) groups is 1. The van der Waals surface area contributed by atoms with Gasteiger partial charge in [0.25, 0.3) is 10.8 Å². The molecule has 1 heterocycles. The number of hydrogen-bond acceptors (Lipinski definition) is 3. The molecule has 0 N–H and O–H groups in total. The standard InChI is InChI=1S/C14H5Cl3F4N2O2/c15-8-4-10(18)11(2-6(8)1-9(16)13(17)25)23-12(24)3-7(5-22-23)14(19,20)21/h1-5H/b9-1-. The second-order valence-corrected chi connectivity index (χ2v) is 5.74. The number of nitrogens with zero attached hydrogens (tertiary/aromatic N) is 2. The molecular formula is C14H5Cl3F4N2O2. The highest BCUT2D eigenvalue weighted by Gasteiger charge is 2.31. The van der Waals surface area contributed by atoms with Crippen LogP contribution in [0.3, 0.4) is 0 Å². The summed E-state index contributed by atoms with van der Waals surface area (Å²) < 4.78 is 52.2. The van der Waals surface area contributed by atoms with Crippen molar-refractivity contribution in [2.24, 2.45) is 0 Å². The third kappa shape index (κ3) is 4.39. The molecule has 0 aliphatic carbocycles. The topological polar surface area (TPSA) is 52.0 Å². The van der Waals surface area contributed by atoms with Crippen LogP contribution < -0.4 is 5.56 Å². The molecule has 0 aliphatic heterocycles. The van der Waals surface area contributed by atoms with Crippen LogP contribution >= 0.6 is 34.8 Å². The van der Waals surface area contributed by atoms with Gasteiger partial charge >= 0.3 is 6.18 Å². The molecule has 1 aromatic heterocycles. The lowest BCUT2D eigenvalue weighted by Crippen LogP contribution is -2.24. The van der Waals surface area contributed by atoms with Crippen LogP contribution in [0.25, 0.3) is 11.8 Å². The van der Waals surface area contributed by atoms with Crippen molar-refractivity contribution in [3.8, 4) is 5.69 Å². The van der Waals surface area contributed by atoms with Crippen molar-refractivity contribution in [3.05, 3.63) is 61.7 Å². The minimum atomic E-state index is -4.77. The van der Waals surface area contributed by atoms with Crippen LogP contribution in [-0.2, 0) is 11.0 Å². The summed E-state index contributed by atoms with van der Waals surface area (Å²) in [4.78, 5) is 22.8. The van der Waals surface area contributed by atoms with E-state index in [2.05, 4.69) is 5.10 Å². The molecule has 0 aliphatic rings. The van der Waals surface area contributed by atoms with Crippen LogP contribution in [0.15, 0.2) is 34.2 Å². The van der Waals surface area contributed by atoms with Gasteiger partial charge in [-0.1, -0.05) is 23.2 Å². The quantitative estimate of drug-likeness (QED) is 0.424. The predicted octanol–water partition coefficient (Wildman–Crippen LogP) is 4.39. The number of hydrogen-bond donors (Lipinski definition) is 0. The zero-order chi connectivity index (χ0) is 18.9. The maximum Gasteiger partial charge on any atom is 0.418 e. The summed E-state index contributed by atoms with van der Waals surface area (Å²) in [7, 11) is 0. The van der Waals surface area contributed by atoms with Gasteiger partial charge in [0.05, 0.1) is 16.8 Å². The van der Waals surface area contributed by atoms with E-state index in [1.807, 2.05) is 0 Å². The predicted molar refractivity (Wildman–Crippen MR) is 84.5 cm³/mol. The van der Waals surface area contributed by atoms with Crippen molar-refractivity contribution in [1.29, 1.82) is 0 Å². The average Bonchev–Trinajstić information content (AvgIpc) is 2.49. The molecule has 0 spiro atoms. The molecule has 25 heavy (non-hydrogen) atoms. The summed E-state index contributed by atoms with van der Waals surface area (Å²) in [5.74, 6) is -1.02. The largest absolute Gasteiger partial charge is 0.418 e. The smallest absolute Gasteiger partial charge is 0.275 e. The van der Waals surface area contributed by atoms with Crippen LogP contribution in [0.5, 0.6) is 0 Å². The fourth-order valence-corrected chi connectivity index (χ4v) is 2.14. The Morgan fingerprint density at radius 2 is 1.84 bits per heavy atom. The number of alkyl halides is 3. The molecule has 0 radical (unpaired) electrons. The fourth-order valence-electron chi connectivity index (χ4n) is 1.76. The summed E-state index contributed by atoms with van der Waals surface area (Å²) in [5, 5.41) is 1.70. The van der Waals surface area contributed by atoms with Crippen molar-refractivity contribution in [2.75, 3.05) is 0 Å². The molecule has 0 unspecified atom stereocenters. The van der Waals surface area contributed by atoms with E-state index in [1.54, 1.807) is 0 Å². The summed E-state index contributed by atoms with van der Waals surface area (Å²) in [6, 6.07) is 2.05. The van der Waals surface area contributed by atoms with Gasteiger partial charge in [-0.2, -0.15) is 23.0 Å². The first-order chi connectivity index (χ1) is 11.5. The number of aromatic nitrogens is 2. The van der Waals surface area contributed by atoms with Gasteiger partial charge < -0.3 is 0 Å². The maximum absolute atomic E-state index is 14.1. The van der Waals surface area contributed by atoms with Gasteiger partial charge in [0.2, 0.25) is 0 Å². The van der Waals surface area contributed by atoms with Gasteiger partial charge in [-0.15, -0.1) is 0 Å². The van der Waals surface area contributed by atoms with Gasteiger partial charge in [0.1, 0.15) is 10.7 Å². The molecule has 0 saturated heterocycles. The summed E-state index contributed by atoms with van der Waals surface area (Å²) in [6.07, 6.45) is -3.39. The average molecular weight is 416 g/mol. The molecule has 4 nitrogen and oxygen atoms in total. The van der Waals surface area contributed by atoms with Crippen molar-refractivity contribution < 1.29 is 22.4 Å². The van der Waals surface area contributed by atoms with E-state index in [9.17, 15) is 27.2 Å². The first kappa shape index (κ1) is 19.4. The first-order valence-electron chi connectivity index (χ1n) is 6.23. The Balaban J connectivity index is 2.63. The fraction of sp³-hybridized carbons (Fsp3) is 0.0714. The van der Waals surface area contributed by atoms with Gasteiger partial charge in [-0.3, -0.25) is 9.59 Å². The van der Waals surface area contributed by atoms with E-state index >= 15 is 0 Å². The zero-order valence-corrected chi connectivity index (χ0v) is 14.0. The highest BCUT2D eigenvalue weighted by molar-refractivity contribution is 6.74. The second-order valence-electron chi connectivity index (χ2n) is 4.58. The van der Waals surface area contributed by atoms with Gasteiger partial charge in [0.15, 0.2) is 5.82 Å². The third-order valence-corrected chi connectivity index (χ3v) is 3.80. The lowest BCUT2D eigenvalue weighted by atomic mass is 10.1. The third-order valence-electron chi connectivity index (χ3n) is 2.89. The molecular weight excluding hydrogens is 411 g/mol. The van der Waals surface area contributed by atoms with Crippen molar-refractivity contribution >= 4 is 46.1 Å². The minimum absolute atomic E-state index is 0.00524. The monoisotopic (exact) mass is 414 g/mol. The highest BCUT2D eigenvalue weighted by atomic mass is 35.5. The molecule has 0 fully saturated rings. The normalized spacial score (nSPS) is 12.4. The van der Waals surface area contributed by atoms with Crippen LogP contribution in [0.1, 0.15) is 11.1 Å². The van der Waals surface area contributed by atoms with Crippen LogP contribution in [0, 0.1) is 5.82 Å². The number of halogens is 7. The number of rotatable bonds is 3. The Bertz CT molecular complexity index is 939. The van der Waals surface area contributed by atoms with E-state index < -0.39 is 39.1 Å². The van der Waals surface area contributed by atoms with Gasteiger partial charge in [-0.25, -0.2) is 4.39 Å². The molecule has 132 valence electrons. The SMILES string of the molecule is O=C(Cl)/C(Cl)=C/c1cc(-n2ncc(C(F)(F)F)cc2=O)c(F)cc1Cl. The number of carbonyl (C=O) groups excluding carboxylic acids is 1. The van der Waals surface area contributed by atoms with Gasteiger partial charge in [0, 0.05) is 6.07 Å². The summed E-state index contributed by atoms with van der Waals surface area (Å²) in [6.45, 7) is 0. The van der Waals surface area contributed by atoms with E-state index in [0.717, 1.165) is 18.2 Å². The van der Waals surface area contributed by atoms with Gasteiger partial charge in [-0.05, 0) is 35.4 Å². The minimum Gasteiger partial charge on any atom is -0.275 e. The lowest BCUT2D eigenvalue weighted by Gasteiger charge is -2.10. The number of benzene rings is 1. The van der Waals surface area contributed by atoms with E-state index in [4.69, 9.17) is 34.8 Å². The lowest BCUT2D eigenvalue weighted by molar-refractivity contribution is -0.138. The van der Waals surface area contributed by atoms with Crippen molar-refractivity contribution in [1.82, 2.24) is 9.78 Å². The maximum atomic E-state index is 14.1. The van der Waals surface area contributed by atoms with Crippen molar-refractivity contribution in [3.63, 3.8) is 0 Å². The molecule has 1 aromatic carbocycles. The molecule has 0 atom stereocenters. The van der Waals surface area contributed by atoms with Crippen LogP contribution in [0.4, 0.5) is 17.6 Å². The summed E-state index contributed by atoms with van der Waals surface area (Å²) >= 11 is 16.6. The molecule has 0 saturated carbocycles. The van der Waals surface area contributed by atoms with Crippen LogP contribution in [-0.4, -0.2) is 15.0 Å². The number of allylic oxidation sites excluding steroid dienone is 1. The Kier molecular flexibility index (Phi) is 5.55. The highest BCUT2D eigenvalue weighted by Crippen LogP contribution is 2.28. The summed E-state index contributed by atoms with van der Waals surface area (Å²) in [5.41, 5.74) is -2.98. The molecule has 2 rings (SSSR count). The second kappa shape index (κ2) is 7.15. The molecule has 11 heteroatoms. The van der Waals surface area contributed by atoms with E-state index in [-0.39, 0.29) is 16.7 Å². The van der Waals surface area contributed by atoms with E-state index in [1.165, 1.54) is 0 Å². The van der Waals surface area contributed by atoms with Crippen molar-refractivity contribution in [2.45, 2.75) is 6.18 Å². The Labute approximate surface area is 152 Å². The Hall–Kier alpha value is -1.90. The van der Waals surface area contributed by atoms with E-state index in [0.29, 0.717) is 10.9 Å². The first-order valence-corrected chi connectivity index (χ1v) is 7.37. The molecule has 0 bridgehead atoms. The molecule has 2 aromatic rings. The zero-order valence-electron chi connectivity index (χ0n) is 11.7. The van der Waals surface area contributed by atoms with Crippen LogP contribution in [0.2, 0.25) is 5.02 Å². The Morgan fingerprint density at radius 3 is 2.36 bits per heavy atom. The Morgan fingerprint density at radius 1 is 1.20 bits per heavy atom. The molecule has 0 amide bonds.